The van der Waals surface area contributed by atoms with Gasteiger partial charge in [0.05, 0.1) is 5.60 Å². The monoisotopic (exact) mass is 274 g/mol. The highest BCUT2D eigenvalue weighted by molar-refractivity contribution is 5.26. The standard InChI is InChI=1S/C18H26O2/c1-13-7-10-18(20)12-15(8-9-17(13,18)2)11-14-3-5-16(19)6-4-14/h3-6,13,15,19-20H,7-12H2,1-2H3. The summed E-state index contributed by atoms with van der Waals surface area (Å²) in [6, 6.07) is 7.53. The van der Waals surface area contributed by atoms with Crippen LogP contribution >= 0.6 is 0 Å². The Morgan fingerprint density at radius 2 is 1.85 bits per heavy atom. The van der Waals surface area contributed by atoms with Crippen molar-refractivity contribution in [2.45, 2.75) is 58.0 Å². The Kier molecular flexibility index (Phi) is 3.32. The molecule has 1 aromatic carbocycles. The van der Waals surface area contributed by atoms with Gasteiger partial charge in [-0.1, -0.05) is 26.0 Å². The normalized spacial score (nSPS) is 40.5. The van der Waals surface area contributed by atoms with E-state index in [1.54, 1.807) is 12.1 Å². The molecule has 2 N–H and O–H groups in total. The van der Waals surface area contributed by atoms with Gasteiger partial charge in [-0.05, 0) is 73.5 Å². The van der Waals surface area contributed by atoms with E-state index in [4.69, 9.17) is 0 Å². The molecule has 0 aliphatic heterocycles. The number of hydrogen-bond acceptors (Lipinski definition) is 2. The zero-order valence-electron chi connectivity index (χ0n) is 12.6. The summed E-state index contributed by atoms with van der Waals surface area (Å²) >= 11 is 0. The van der Waals surface area contributed by atoms with Crippen molar-refractivity contribution in [3.8, 4) is 5.75 Å². The Bertz CT molecular complexity index is 481. The second kappa shape index (κ2) is 4.77. The Hall–Kier alpha value is -1.02. The van der Waals surface area contributed by atoms with Crippen LogP contribution in [0.5, 0.6) is 5.75 Å². The molecule has 4 unspecified atom stereocenters. The highest BCUT2D eigenvalue weighted by Crippen LogP contribution is 2.59. The molecule has 2 nitrogen and oxygen atoms in total. The van der Waals surface area contributed by atoms with Crippen molar-refractivity contribution < 1.29 is 10.2 Å². The Labute approximate surface area is 121 Å². The Balaban J connectivity index is 1.71. The van der Waals surface area contributed by atoms with Crippen LogP contribution in [-0.4, -0.2) is 15.8 Å². The zero-order chi connectivity index (χ0) is 14.4. The van der Waals surface area contributed by atoms with E-state index < -0.39 is 5.60 Å². The third-order valence-corrected chi connectivity index (χ3v) is 6.30. The molecule has 4 atom stereocenters. The maximum atomic E-state index is 11.1. The summed E-state index contributed by atoms with van der Waals surface area (Å²) < 4.78 is 0. The van der Waals surface area contributed by atoms with Crippen LogP contribution in [0.4, 0.5) is 0 Å². The highest BCUT2D eigenvalue weighted by Gasteiger charge is 2.57. The van der Waals surface area contributed by atoms with Crippen LogP contribution in [0.25, 0.3) is 0 Å². The second-order valence-electron chi connectivity index (χ2n) is 7.37. The van der Waals surface area contributed by atoms with E-state index in [0.29, 0.717) is 17.6 Å². The van der Waals surface area contributed by atoms with Gasteiger partial charge in [-0.3, -0.25) is 0 Å². The van der Waals surface area contributed by atoms with Crippen molar-refractivity contribution in [2.24, 2.45) is 17.3 Å². The van der Waals surface area contributed by atoms with Gasteiger partial charge >= 0.3 is 0 Å². The van der Waals surface area contributed by atoms with Crippen LogP contribution < -0.4 is 0 Å². The highest BCUT2D eigenvalue weighted by atomic mass is 16.3. The van der Waals surface area contributed by atoms with Crippen molar-refractivity contribution in [3.63, 3.8) is 0 Å². The third-order valence-electron chi connectivity index (χ3n) is 6.30. The summed E-state index contributed by atoms with van der Waals surface area (Å²) in [5.74, 6) is 1.54. The first-order chi connectivity index (χ1) is 9.43. The van der Waals surface area contributed by atoms with Gasteiger partial charge in [0.1, 0.15) is 5.75 Å². The number of phenols is 1. The number of benzene rings is 1. The molecule has 2 aliphatic rings. The first kappa shape index (κ1) is 13.9. The van der Waals surface area contributed by atoms with Crippen LogP contribution in [0, 0.1) is 17.3 Å². The minimum Gasteiger partial charge on any atom is -0.508 e. The summed E-state index contributed by atoms with van der Waals surface area (Å²) in [6.07, 6.45) is 6.45. The van der Waals surface area contributed by atoms with Gasteiger partial charge in [0, 0.05) is 0 Å². The minimum absolute atomic E-state index is 0.123. The van der Waals surface area contributed by atoms with E-state index in [1.807, 2.05) is 12.1 Å². The molecular formula is C18H26O2. The van der Waals surface area contributed by atoms with E-state index in [9.17, 15) is 10.2 Å². The van der Waals surface area contributed by atoms with Crippen molar-refractivity contribution >= 4 is 0 Å². The Morgan fingerprint density at radius 3 is 2.55 bits per heavy atom. The summed E-state index contributed by atoms with van der Waals surface area (Å²) in [4.78, 5) is 0. The molecule has 110 valence electrons. The number of rotatable bonds is 2. The fourth-order valence-electron chi connectivity index (χ4n) is 4.56. The number of hydrogen-bond donors (Lipinski definition) is 2. The maximum absolute atomic E-state index is 11.1. The van der Waals surface area contributed by atoms with Gasteiger partial charge in [-0.15, -0.1) is 0 Å². The van der Waals surface area contributed by atoms with Crippen LogP contribution in [-0.2, 0) is 6.42 Å². The lowest BCUT2D eigenvalue weighted by Gasteiger charge is -2.49. The molecule has 2 fully saturated rings. The molecule has 1 aromatic rings. The van der Waals surface area contributed by atoms with Crippen LogP contribution in [0.1, 0.15) is 51.5 Å². The number of phenolic OH excluding ortho intramolecular Hbond substituents is 1. The summed E-state index contributed by atoms with van der Waals surface area (Å²) in [5.41, 5.74) is 0.941. The van der Waals surface area contributed by atoms with Gasteiger partial charge in [-0.25, -0.2) is 0 Å². The molecule has 2 saturated carbocycles. The van der Waals surface area contributed by atoms with Crippen molar-refractivity contribution in [1.82, 2.24) is 0 Å². The molecule has 0 saturated heterocycles. The van der Waals surface area contributed by atoms with Gasteiger partial charge in [0.2, 0.25) is 0 Å². The molecular weight excluding hydrogens is 248 g/mol. The van der Waals surface area contributed by atoms with Crippen molar-refractivity contribution in [1.29, 1.82) is 0 Å². The first-order valence-electron chi connectivity index (χ1n) is 7.93. The Morgan fingerprint density at radius 1 is 1.15 bits per heavy atom. The van der Waals surface area contributed by atoms with Gasteiger partial charge in [0.25, 0.3) is 0 Å². The van der Waals surface area contributed by atoms with Gasteiger partial charge in [0.15, 0.2) is 0 Å². The summed E-state index contributed by atoms with van der Waals surface area (Å²) in [5, 5.41) is 20.4. The number of aromatic hydroxyl groups is 1. The average molecular weight is 274 g/mol. The largest absolute Gasteiger partial charge is 0.508 e. The molecule has 0 amide bonds. The van der Waals surface area contributed by atoms with E-state index >= 15 is 0 Å². The lowest BCUT2D eigenvalue weighted by Crippen LogP contribution is -2.49. The SMILES string of the molecule is CC1CCC2(O)CC(Cc3ccc(O)cc3)CCC12C. The fourth-order valence-corrected chi connectivity index (χ4v) is 4.56. The van der Waals surface area contributed by atoms with Gasteiger partial charge in [-0.2, -0.15) is 0 Å². The van der Waals surface area contributed by atoms with Crippen molar-refractivity contribution in [3.05, 3.63) is 29.8 Å². The minimum atomic E-state index is -0.452. The molecule has 0 radical (unpaired) electrons. The van der Waals surface area contributed by atoms with Crippen molar-refractivity contribution in [2.75, 3.05) is 0 Å². The van der Waals surface area contributed by atoms with Crippen LogP contribution in [0.3, 0.4) is 0 Å². The molecule has 2 aliphatic carbocycles. The van der Waals surface area contributed by atoms with Crippen LogP contribution in [0.15, 0.2) is 24.3 Å². The third kappa shape index (κ3) is 2.14. The van der Waals surface area contributed by atoms with Gasteiger partial charge < -0.3 is 10.2 Å². The van der Waals surface area contributed by atoms with E-state index in [0.717, 1.165) is 25.7 Å². The smallest absolute Gasteiger partial charge is 0.115 e. The molecule has 0 bridgehead atoms. The zero-order valence-corrected chi connectivity index (χ0v) is 12.6. The van der Waals surface area contributed by atoms with E-state index in [2.05, 4.69) is 13.8 Å². The average Bonchev–Trinajstić information content (AvgIpc) is 2.65. The quantitative estimate of drug-likeness (QED) is 0.858. The van der Waals surface area contributed by atoms with E-state index in [-0.39, 0.29) is 5.41 Å². The molecule has 20 heavy (non-hydrogen) atoms. The lowest BCUT2D eigenvalue weighted by atomic mass is 9.60. The molecule has 2 heteroatoms. The summed E-state index contributed by atoms with van der Waals surface area (Å²) in [7, 11) is 0. The molecule has 0 heterocycles. The first-order valence-corrected chi connectivity index (χ1v) is 7.93. The predicted octanol–water partition coefficient (Wildman–Crippen LogP) is 3.90. The fraction of sp³-hybridized carbons (Fsp3) is 0.667. The molecule has 0 spiro atoms. The molecule has 3 rings (SSSR count). The molecule has 0 aromatic heterocycles. The topological polar surface area (TPSA) is 40.5 Å². The lowest BCUT2D eigenvalue weighted by molar-refractivity contribution is -0.112. The predicted molar refractivity (Wildman–Crippen MR) is 80.6 cm³/mol. The number of aliphatic hydroxyl groups is 1. The second-order valence-corrected chi connectivity index (χ2v) is 7.37. The maximum Gasteiger partial charge on any atom is 0.115 e. The summed E-state index contributed by atoms with van der Waals surface area (Å²) in [6.45, 7) is 4.60. The number of fused-ring (bicyclic) bond motifs is 1. The van der Waals surface area contributed by atoms with E-state index in [1.165, 1.54) is 18.4 Å². The van der Waals surface area contributed by atoms with Crippen LogP contribution in [0.2, 0.25) is 0 Å².